The average molecular weight is 274 g/mol. The molecule has 1 atom stereocenters. The van der Waals surface area contributed by atoms with Gasteiger partial charge in [0.2, 0.25) is 5.91 Å². The summed E-state index contributed by atoms with van der Waals surface area (Å²) in [6, 6.07) is 3.79. The number of aryl methyl sites for hydroxylation is 2. The van der Waals surface area contributed by atoms with Crippen molar-refractivity contribution in [1.82, 2.24) is 30.5 Å². The molecule has 0 aliphatic heterocycles. The Morgan fingerprint density at radius 2 is 2.35 bits per heavy atom. The van der Waals surface area contributed by atoms with E-state index in [1.54, 1.807) is 10.9 Å². The molecule has 106 valence electrons. The molecule has 0 bridgehead atoms. The topological polar surface area (TPSA) is 85.6 Å². The molecule has 0 aromatic carbocycles. The van der Waals surface area contributed by atoms with Crippen LogP contribution in [0.5, 0.6) is 0 Å². The number of tetrazole rings is 1. The lowest BCUT2D eigenvalue weighted by molar-refractivity contribution is -0.121. The largest absolute Gasteiger partial charge is 0.348 e. The van der Waals surface area contributed by atoms with Gasteiger partial charge in [0.15, 0.2) is 0 Å². The first-order chi connectivity index (χ1) is 9.66. The van der Waals surface area contributed by atoms with Gasteiger partial charge in [-0.3, -0.25) is 9.78 Å². The lowest BCUT2D eigenvalue weighted by atomic mass is 10.1. The number of rotatable bonds is 6. The van der Waals surface area contributed by atoms with Crippen molar-refractivity contribution in [1.29, 1.82) is 0 Å². The van der Waals surface area contributed by atoms with Crippen LogP contribution in [0.3, 0.4) is 0 Å². The summed E-state index contributed by atoms with van der Waals surface area (Å²) in [4.78, 5) is 16.2. The van der Waals surface area contributed by atoms with E-state index in [0.29, 0.717) is 19.4 Å². The molecule has 0 radical (unpaired) electrons. The van der Waals surface area contributed by atoms with Crippen molar-refractivity contribution >= 4 is 5.91 Å². The second kappa shape index (κ2) is 6.74. The average Bonchev–Trinajstić information content (AvgIpc) is 2.92. The number of hydrogen-bond acceptors (Lipinski definition) is 5. The van der Waals surface area contributed by atoms with Crippen LogP contribution in [0.2, 0.25) is 0 Å². The molecule has 1 amide bonds. The summed E-state index contributed by atoms with van der Waals surface area (Å²) in [5, 5.41) is 13.8. The molecule has 0 spiro atoms. The van der Waals surface area contributed by atoms with Crippen LogP contribution in [0.25, 0.3) is 0 Å². The van der Waals surface area contributed by atoms with Gasteiger partial charge in [-0.25, -0.2) is 4.68 Å². The Morgan fingerprint density at radius 3 is 3.05 bits per heavy atom. The van der Waals surface area contributed by atoms with E-state index in [9.17, 15) is 4.79 Å². The molecule has 7 heteroatoms. The third kappa shape index (κ3) is 3.84. The molecule has 20 heavy (non-hydrogen) atoms. The third-order valence-corrected chi connectivity index (χ3v) is 3.02. The van der Waals surface area contributed by atoms with Crippen molar-refractivity contribution in [2.75, 3.05) is 0 Å². The summed E-state index contributed by atoms with van der Waals surface area (Å²) in [7, 11) is 0. The van der Waals surface area contributed by atoms with Gasteiger partial charge >= 0.3 is 0 Å². The second-order valence-electron chi connectivity index (χ2n) is 4.67. The highest BCUT2D eigenvalue weighted by Gasteiger charge is 2.12. The fraction of sp³-hybridized carbons (Fsp3) is 0.462. The van der Waals surface area contributed by atoms with E-state index in [-0.39, 0.29) is 11.9 Å². The molecule has 2 rings (SSSR count). The monoisotopic (exact) mass is 274 g/mol. The quantitative estimate of drug-likeness (QED) is 0.850. The summed E-state index contributed by atoms with van der Waals surface area (Å²) in [6.45, 7) is 4.56. The molecule has 7 nitrogen and oxygen atoms in total. The first-order valence-electron chi connectivity index (χ1n) is 6.58. The van der Waals surface area contributed by atoms with Gasteiger partial charge in [-0.05, 0) is 42.3 Å². The first-order valence-corrected chi connectivity index (χ1v) is 6.58. The maximum Gasteiger partial charge on any atom is 0.220 e. The first kappa shape index (κ1) is 14.1. The van der Waals surface area contributed by atoms with E-state index in [1.807, 2.05) is 26.0 Å². The fourth-order valence-corrected chi connectivity index (χ4v) is 2.02. The Kier molecular flexibility index (Phi) is 4.75. The van der Waals surface area contributed by atoms with Crippen molar-refractivity contribution in [2.24, 2.45) is 0 Å². The number of carbonyl (C=O) groups is 1. The lowest BCUT2D eigenvalue weighted by Gasteiger charge is -2.15. The van der Waals surface area contributed by atoms with Crippen molar-refractivity contribution in [2.45, 2.75) is 39.3 Å². The maximum atomic E-state index is 11.9. The Hall–Kier alpha value is -2.31. The van der Waals surface area contributed by atoms with Gasteiger partial charge in [0.1, 0.15) is 6.33 Å². The van der Waals surface area contributed by atoms with Gasteiger partial charge in [0, 0.05) is 19.2 Å². The number of aromatic nitrogens is 5. The van der Waals surface area contributed by atoms with E-state index in [4.69, 9.17) is 0 Å². The third-order valence-electron chi connectivity index (χ3n) is 3.02. The van der Waals surface area contributed by atoms with Gasteiger partial charge in [-0.2, -0.15) is 0 Å². The van der Waals surface area contributed by atoms with E-state index in [0.717, 1.165) is 11.3 Å². The predicted molar refractivity (Wildman–Crippen MR) is 72.6 cm³/mol. The van der Waals surface area contributed by atoms with E-state index < -0.39 is 0 Å². The van der Waals surface area contributed by atoms with Crippen LogP contribution >= 0.6 is 0 Å². The highest BCUT2D eigenvalue weighted by atomic mass is 16.1. The summed E-state index contributed by atoms with van der Waals surface area (Å²) in [5.74, 6) is 0.00984. The zero-order valence-electron chi connectivity index (χ0n) is 11.7. The van der Waals surface area contributed by atoms with Crippen molar-refractivity contribution in [3.05, 3.63) is 35.9 Å². The summed E-state index contributed by atoms with van der Waals surface area (Å²) >= 11 is 0. The van der Waals surface area contributed by atoms with Crippen LogP contribution < -0.4 is 5.32 Å². The zero-order valence-corrected chi connectivity index (χ0v) is 11.7. The highest BCUT2D eigenvalue weighted by Crippen LogP contribution is 2.13. The van der Waals surface area contributed by atoms with Crippen LogP contribution in [-0.2, 0) is 11.3 Å². The van der Waals surface area contributed by atoms with Crippen LogP contribution in [0, 0.1) is 6.92 Å². The smallest absolute Gasteiger partial charge is 0.220 e. The number of pyridine rings is 1. The Labute approximate surface area is 117 Å². The van der Waals surface area contributed by atoms with Gasteiger partial charge < -0.3 is 5.32 Å². The van der Waals surface area contributed by atoms with Crippen molar-refractivity contribution in [3.63, 3.8) is 0 Å². The lowest BCUT2D eigenvalue weighted by Crippen LogP contribution is -2.27. The number of hydrogen-bond donors (Lipinski definition) is 1. The van der Waals surface area contributed by atoms with E-state index in [2.05, 4.69) is 25.8 Å². The normalized spacial score (nSPS) is 12.1. The molecule has 2 heterocycles. The van der Waals surface area contributed by atoms with Crippen LogP contribution in [0.15, 0.2) is 24.7 Å². The van der Waals surface area contributed by atoms with Crippen LogP contribution in [0.1, 0.15) is 37.1 Å². The van der Waals surface area contributed by atoms with E-state index >= 15 is 0 Å². The van der Waals surface area contributed by atoms with Crippen LogP contribution in [0.4, 0.5) is 0 Å². The van der Waals surface area contributed by atoms with Crippen molar-refractivity contribution < 1.29 is 4.79 Å². The van der Waals surface area contributed by atoms with Crippen LogP contribution in [-0.4, -0.2) is 31.1 Å². The fourth-order valence-electron chi connectivity index (χ4n) is 2.02. The minimum atomic E-state index is -0.0864. The predicted octanol–water partition coefficient (Wildman–Crippen LogP) is 1.03. The summed E-state index contributed by atoms with van der Waals surface area (Å²) in [5.41, 5.74) is 1.98. The number of nitrogens with one attached hydrogen (secondary N) is 1. The minimum Gasteiger partial charge on any atom is -0.348 e. The van der Waals surface area contributed by atoms with Gasteiger partial charge in [-0.15, -0.1) is 5.10 Å². The van der Waals surface area contributed by atoms with Crippen molar-refractivity contribution in [3.8, 4) is 0 Å². The molecule has 2 aromatic rings. The summed E-state index contributed by atoms with van der Waals surface area (Å²) in [6.07, 6.45) is 4.42. The van der Waals surface area contributed by atoms with Gasteiger partial charge in [0.05, 0.1) is 11.7 Å². The number of amides is 1. The molecular formula is C13H18N6O. The summed E-state index contributed by atoms with van der Waals surface area (Å²) < 4.78 is 1.61. The molecular weight excluding hydrogens is 256 g/mol. The number of nitrogens with zero attached hydrogens (tertiary/aromatic N) is 5. The standard InChI is InChI=1S/C13H18N6O/c1-10-5-3-7-14-13(10)11(2)16-12(20)6-4-8-19-9-15-17-18-19/h3,5,7,9,11H,4,6,8H2,1-2H3,(H,16,20)/t11-/m1/s1. The Morgan fingerprint density at radius 1 is 1.50 bits per heavy atom. The van der Waals surface area contributed by atoms with Gasteiger partial charge in [-0.1, -0.05) is 6.07 Å². The molecule has 0 fully saturated rings. The number of carbonyl (C=O) groups excluding carboxylic acids is 1. The SMILES string of the molecule is Cc1cccnc1[C@@H](C)NC(=O)CCCn1cnnn1. The highest BCUT2D eigenvalue weighted by molar-refractivity contribution is 5.76. The molecule has 0 aliphatic rings. The second-order valence-corrected chi connectivity index (χ2v) is 4.67. The minimum absolute atomic E-state index is 0.00984. The molecule has 0 unspecified atom stereocenters. The molecule has 1 N–H and O–H groups in total. The molecule has 0 saturated carbocycles. The van der Waals surface area contributed by atoms with Gasteiger partial charge in [0.25, 0.3) is 0 Å². The Balaban J connectivity index is 1.78. The molecule has 2 aromatic heterocycles. The Bertz CT molecular complexity index is 554. The zero-order chi connectivity index (χ0) is 14.4. The maximum absolute atomic E-state index is 11.9. The molecule has 0 saturated heterocycles. The molecule has 0 aliphatic carbocycles. The van der Waals surface area contributed by atoms with E-state index in [1.165, 1.54) is 6.33 Å².